The maximum atomic E-state index is 11.9. The minimum absolute atomic E-state index is 0.0262. The quantitative estimate of drug-likeness (QED) is 0.161. The second kappa shape index (κ2) is 22.4. The summed E-state index contributed by atoms with van der Waals surface area (Å²) in [7, 11) is 0. The van der Waals surface area contributed by atoms with Crippen molar-refractivity contribution in [2.24, 2.45) is 0 Å². The van der Waals surface area contributed by atoms with Gasteiger partial charge in [0.2, 0.25) is 11.1 Å². The molecule has 332 valence electrons. The highest BCUT2D eigenvalue weighted by Crippen LogP contribution is 2.33. The number of nitrogens with one attached hydrogen (secondary N) is 1. The number of carbonyl (C=O) groups is 1. The Labute approximate surface area is 393 Å². The van der Waals surface area contributed by atoms with Crippen molar-refractivity contribution in [3.8, 4) is 11.9 Å². The summed E-state index contributed by atoms with van der Waals surface area (Å²) in [6, 6.07) is 37.1. The average molecular weight is 978 g/mol. The molecule has 0 aliphatic carbocycles. The standard InChI is InChI=1S/C16H11ClO3.C14H14ClNO4.C9H4Cl2O2.C9H5ClO2/c17-14-12-8-4-5-9-13(12)15(18)20-16(14)19-10-11-6-2-1-3-7-11;1-3-6-19-14-12(15)10-5-4-9(16-8(2)17)7-11(10)13(18)20-14;10-7-5-3-1-2-4-6(5)9(12)13-8(7)11;10-8-5-6-3-1-2-4-7(6)9(11)12-8/h1-9H,10H2;4-5,7H,3,6H2,1-2H3,(H,16,17);1-4H;1-5H. The van der Waals surface area contributed by atoms with E-state index in [9.17, 15) is 24.0 Å². The van der Waals surface area contributed by atoms with Crippen LogP contribution in [-0.2, 0) is 11.4 Å². The van der Waals surface area contributed by atoms with Crippen LogP contribution < -0.4 is 37.3 Å². The normalized spacial score (nSPS) is 10.6. The Morgan fingerprint density at radius 1 is 0.523 bits per heavy atom. The van der Waals surface area contributed by atoms with E-state index in [1.54, 1.807) is 72.8 Å². The molecule has 4 heterocycles. The molecule has 0 unspecified atom stereocenters. The molecule has 1 N–H and O–H groups in total. The number of rotatable bonds is 7. The van der Waals surface area contributed by atoms with Crippen LogP contribution in [0.3, 0.4) is 0 Å². The Balaban J connectivity index is 0.000000147. The molecule has 9 rings (SSSR count). The molecule has 1 amide bonds. The zero-order valence-corrected chi connectivity index (χ0v) is 37.9. The molecule has 0 saturated heterocycles. The lowest BCUT2D eigenvalue weighted by atomic mass is 10.1. The zero-order valence-electron chi connectivity index (χ0n) is 34.1. The van der Waals surface area contributed by atoms with Gasteiger partial charge in [0.15, 0.2) is 5.22 Å². The molecule has 0 fully saturated rings. The summed E-state index contributed by atoms with van der Waals surface area (Å²) in [5.74, 6) is -0.139. The molecule has 0 atom stereocenters. The van der Waals surface area contributed by atoms with Crippen LogP contribution in [0.4, 0.5) is 5.69 Å². The SMILES string of the molecule is CCCOc1oc(=O)c2cc(NC(C)=O)ccc2c1Cl.O=c1oc(Cl)c(Cl)c2ccccc12.O=c1oc(Cl)cc2ccccc12.O=c1oc(OCc2ccccc2)c(Cl)c2ccccc12. The van der Waals surface area contributed by atoms with Gasteiger partial charge in [-0.05, 0) is 70.9 Å². The van der Waals surface area contributed by atoms with Crippen LogP contribution in [-0.4, -0.2) is 12.5 Å². The van der Waals surface area contributed by atoms with E-state index in [0.717, 1.165) is 17.4 Å². The highest BCUT2D eigenvalue weighted by molar-refractivity contribution is 6.44. The molecule has 0 aliphatic rings. The fourth-order valence-corrected chi connectivity index (χ4v) is 7.05. The number of hydrogen-bond acceptors (Lipinski definition) is 11. The first-order valence-corrected chi connectivity index (χ1v) is 21.2. The number of hydrogen-bond donors (Lipinski definition) is 1. The van der Waals surface area contributed by atoms with Crippen molar-refractivity contribution in [2.45, 2.75) is 26.9 Å². The molecule has 9 aromatic rings. The minimum Gasteiger partial charge on any atom is -0.464 e. The number of halogens is 5. The first-order chi connectivity index (χ1) is 31.2. The van der Waals surface area contributed by atoms with Crippen LogP contribution in [0.1, 0.15) is 25.8 Å². The molecule has 0 radical (unpaired) electrons. The first-order valence-electron chi connectivity index (χ1n) is 19.4. The van der Waals surface area contributed by atoms with Crippen molar-refractivity contribution in [1.82, 2.24) is 0 Å². The second-order valence-corrected chi connectivity index (χ2v) is 15.4. The molecule has 12 nitrogen and oxygen atoms in total. The van der Waals surface area contributed by atoms with Crippen molar-refractivity contribution >= 4 is 113 Å². The van der Waals surface area contributed by atoms with E-state index >= 15 is 0 Å². The fourth-order valence-electron chi connectivity index (χ4n) is 5.97. The number of anilines is 1. The van der Waals surface area contributed by atoms with Gasteiger partial charge in [0.25, 0.3) is 0 Å². The van der Waals surface area contributed by atoms with Crippen molar-refractivity contribution in [1.29, 1.82) is 0 Å². The van der Waals surface area contributed by atoms with Gasteiger partial charge in [-0.25, -0.2) is 19.2 Å². The third kappa shape index (κ3) is 12.2. The number of carbonyl (C=O) groups excluding carboxylic acids is 1. The molecular formula is C48H34Cl5NO11. The third-order valence-corrected chi connectivity index (χ3v) is 10.6. The molecule has 5 aromatic carbocycles. The van der Waals surface area contributed by atoms with E-state index in [1.165, 1.54) is 13.0 Å². The Morgan fingerprint density at radius 2 is 1.02 bits per heavy atom. The van der Waals surface area contributed by atoms with E-state index in [4.69, 9.17) is 85.1 Å². The molecule has 0 saturated carbocycles. The number of fused-ring (bicyclic) bond motifs is 4. The van der Waals surface area contributed by atoms with Gasteiger partial charge in [-0.3, -0.25) is 4.79 Å². The van der Waals surface area contributed by atoms with Gasteiger partial charge in [0.1, 0.15) is 21.7 Å². The Kier molecular flexibility index (Phi) is 16.5. The smallest absolute Gasteiger partial charge is 0.346 e. The summed E-state index contributed by atoms with van der Waals surface area (Å²) in [6.45, 7) is 4.04. The summed E-state index contributed by atoms with van der Waals surface area (Å²) < 4.78 is 30.4. The van der Waals surface area contributed by atoms with Crippen LogP contribution in [0.2, 0.25) is 25.5 Å². The van der Waals surface area contributed by atoms with Crippen LogP contribution in [0.25, 0.3) is 43.1 Å². The Morgan fingerprint density at radius 3 is 1.63 bits per heavy atom. The lowest BCUT2D eigenvalue weighted by Gasteiger charge is -2.08. The maximum Gasteiger partial charge on any atom is 0.346 e. The second-order valence-electron chi connectivity index (χ2n) is 13.5. The molecule has 0 aliphatic heterocycles. The monoisotopic (exact) mass is 975 g/mol. The maximum absolute atomic E-state index is 11.9. The Bertz CT molecular complexity index is 3390. The first kappa shape index (κ1) is 47.9. The zero-order chi connectivity index (χ0) is 46.6. The van der Waals surface area contributed by atoms with Gasteiger partial charge in [0, 0.05) is 34.8 Å². The number of benzene rings is 5. The highest BCUT2D eigenvalue weighted by atomic mass is 35.5. The average Bonchev–Trinajstić information content (AvgIpc) is 3.30. The van der Waals surface area contributed by atoms with Gasteiger partial charge in [0.05, 0.1) is 28.2 Å². The summed E-state index contributed by atoms with van der Waals surface area (Å²) in [6.07, 6.45) is 0.777. The van der Waals surface area contributed by atoms with Crippen LogP contribution in [0, 0.1) is 0 Å². The van der Waals surface area contributed by atoms with Gasteiger partial charge in [-0.15, -0.1) is 0 Å². The predicted octanol–water partition coefficient (Wildman–Crippen LogP) is 12.8. The van der Waals surface area contributed by atoms with E-state index in [1.807, 2.05) is 55.5 Å². The largest absolute Gasteiger partial charge is 0.464 e. The van der Waals surface area contributed by atoms with Crippen LogP contribution in [0.15, 0.2) is 164 Å². The Hall–Kier alpha value is -6.54. The minimum atomic E-state index is -0.553. The van der Waals surface area contributed by atoms with E-state index in [0.29, 0.717) is 61.6 Å². The summed E-state index contributed by atoms with van der Waals surface area (Å²) >= 11 is 29.4. The predicted molar refractivity (Wildman–Crippen MR) is 256 cm³/mol. The fraction of sp³-hybridized carbons (Fsp3) is 0.104. The summed E-state index contributed by atoms with van der Waals surface area (Å²) in [5, 5.41) is 7.83. The van der Waals surface area contributed by atoms with Gasteiger partial charge >= 0.3 is 34.4 Å². The van der Waals surface area contributed by atoms with Gasteiger partial charge < -0.3 is 32.5 Å². The molecule has 65 heavy (non-hydrogen) atoms. The lowest BCUT2D eigenvalue weighted by Crippen LogP contribution is -2.08. The van der Waals surface area contributed by atoms with E-state index in [-0.39, 0.29) is 38.3 Å². The summed E-state index contributed by atoms with van der Waals surface area (Å²) in [4.78, 5) is 57.2. The van der Waals surface area contributed by atoms with E-state index in [2.05, 4.69) is 5.32 Å². The molecule has 4 aromatic heterocycles. The van der Waals surface area contributed by atoms with E-state index < -0.39 is 22.5 Å². The van der Waals surface area contributed by atoms with Gasteiger partial charge in [-0.2, -0.15) is 0 Å². The van der Waals surface area contributed by atoms with Crippen LogP contribution in [0.5, 0.6) is 11.9 Å². The lowest BCUT2D eigenvalue weighted by molar-refractivity contribution is -0.114. The molecule has 17 heteroatoms. The number of amides is 1. The highest BCUT2D eigenvalue weighted by Gasteiger charge is 2.15. The summed E-state index contributed by atoms with van der Waals surface area (Å²) in [5.41, 5.74) is -0.381. The molecular weight excluding hydrogens is 944 g/mol. The van der Waals surface area contributed by atoms with Crippen molar-refractivity contribution in [3.63, 3.8) is 0 Å². The topological polar surface area (TPSA) is 168 Å². The molecule has 0 bridgehead atoms. The van der Waals surface area contributed by atoms with Crippen molar-refractivity contribution < 1.29 is 31.9 Å². The van der Waals surface area contributed by atoms with Gasteiger partial charge in [-0.1, -0.05) is 133 Å². The molecule has 0 spiro atoms. The van der Waals surface area contributed by atoms with Crippen molar-refractivity contribution in [2.75, 3.05) is 11.9 Å². The third-order valence-electron chi connectivity index (χ3n) is 8.94. The van der Waals surface area contributed by atoms with Crippen molar-refractivity contribution in [3.05, 3.63) is 200 Å². The van der Waals surface area contributed by atoms with Crippen LogP contribution >= 0.6 is 58.0 Å². The number of ether oxygens (including phenoxy) is 2.